The number of benzene rings is 3. The second kappa shape index (κ2) is 11.2. The molecule has 3 rings (SSSR count). The van der Waals surface area contributed by atoms with E-state index in [0.717, 1.165) is 21.0 Å². The first-order valence-corrected chi connectivity index (χ1v) is 12.8. The van der Waals surface area contributed by atoms with Gasteiger partial charge >= 0.3 is 0 Å². The topological polar surface area (TPSA) is 86.8 Å². The summed E-state index contributed by atoms with van der Waals surface area (Å²) >= 11 is 0. The Balaban J connectivity index is 2.06. The van der Waals surface area contributed by atoms with Crippen molar-refractivity contribution in [1.29, 1.82) is 0 Å². The highest BCUT2D eigenvalue weighted by Gasteiger charge is 2.32. The van der Waals surface area contributed by atoms with E-state index in [1.807, 2.05) is 50.2 Å². The Labute approximate surface area is 207 Å². The van der Waals surface area contributed by atoms with E-state index >= 15 is 0 Å². The highest BCUT2D eigenvalue weighted by molar-refractivity contribution is 7.92. The zero-order valence-electron chi connectivity index (χ0n) is 20.4. The number of hydrogen-bond donors (Lipinski definition) is 1. The molecular weight excluding hydrogens is 462 g/mol. The van der Waals surface area contributed by atoms with Gasteiger partial charge in [-0.25, -0.2) is 8.42 Å². The third-order valence-corrected chi connectivity index (χ3v) is 7.84. The largest absolute Gasteiger partial charge is 0.357 e. The number of carbonyl (C=O) groups excluding carboxylic acids is 2. The van der Waals surface area contributed by atoms with E-state index in [1.165, 1.54) is 24.1 Å². The zero-order valence-corrected chi connectivity index (χ0v) is 21.2. The van der Waals surface area contributed by atoms with Gasteiger partial charge in [-0.15, -0.1) is 0 Å². The molecule has 0 spiro atoms. The molecule has 1 N–H and O–H groups in total. The van der Waals surface area contributed by atoms with Crippen molar-refractivity contribution < 1.29 is 18.0 Å². The highest BCUT2D eigenvalue weighted by Crippen LogP contribution is 2.29. The minimum atomic E-state index is -4.06. The van der Waals surface area contributed by atoms with Gasteiger partial charge in [-0.1, -0.05) is 60.7 Å². The van der Waals surface area contributed by atoms with Crippen LogP contribution in [-0.2, 0) is 26.2 Å². The molecule has 0 heterocycles. The van der Waals surface area contributed by atoms with Crippen molar-refractivity contribution in [2.45, 2.75) is 38.3 Å². The Bertz CT molecular complexity index is 1280. The van der Waals surface area contributed by atoms with Gasteiger partial charge in [-0.05, 0) is 55.7 Å². The summed E-state index contributed by atoms with van der Waals surface area (Å²) in [6.07, 6.45) is 0. The van der Waals surface area contributed by atoms with Crippen LogP contribution in [0.3, 0.4) is 0 Å². The summed E-state index contributed by atoms with van der Waals surface area (Å²) in [5.41, 5.74) is 2.92. The molecule has 184 valence electrons. The van der Waals surface area contributed by atoms with Gasteiger partial charge in [0.1, 0.15) is 12.6 Å². The van der Waals surface area contributed by atoms with E-state index in [-0.39, 0.29) is 17.3 Å². The lowest BCUT2D eigenvalue weighted by Gasteiger charge is -2.32. The Morgan fingerprint density at radius 2 is 1.49 bits per heavy atom. The van der Waals surface area contributed by atoms with Crippen molar-refractivity contribution >= 4 is 27.5 Å². The van der Waals surface area contributed by atoms with E-state index in [2.05, 4.69) is 5.32 Å². The van der Waals surface area contributed by atoms with Crippen molar-refractivity contribution in [2.24, 2.45) is 0 Å². The molecule has 35 heavy (non-hydrogen) atoms. The van der Waals surface area contributed by atoms with E-state index in [0.29, 0.717) is 5.69 Å². The van der Waals surface area contributed by atoms with Crippen molar-refractivity contribution in [1.82, 2.24) is 10.2 Å². The molecule has 3 aromatic rings. The van der Waals surface area contributed by atoms with Crippen molar-refractivity contribution in [3.63, 3.8) is 0 Å². The number of aryl methyl sites for hydroxylation is 1. The van der Waals surface area contributed by atoms with Crippen LogP contribution in [0.15, 0.2) is 83.8 Å². The molecule has 7 nitrogen and oxygen atoms in total. The maximum atomic E-state index is 13.7. The van der Waals surface area contributed by atoms with Gasteiger partial charge in [-0.3, -0.25) is 13.9 Å². The minimum Gasteiger partial charge on any atom is -0.357 e. The van der Waals surface area contributed by atoms with Crippen LogP contribution >= 0.6 is 0 Å². The lowest BCUT2D eigenvalue weighted by atomic mass is 10.1. The van der Waals surface area contributed by atoms with Crippen molar-refractivity contribution in [3.8, 4) is 0 Å². The summed E-state index contributed by atoms with van der Waals surface area (Å²) in [5.74, 6) is -0.816. The molecule has 1 atom stereocenters. The van der Waals surface area contributed by atoms with Gasteiger partial charge in [0, 0.05) is 13.6 Å². The second-order valence-electron chi connectivity index (χ2n) is 8.34. The number of nitrogens with one attached hydrogen (secondary N) is 1. The molecular formula is C27H31N3O4S. The number of amides is 2. The van der Waals surface area contributed by atoms with Gasteiger partial charge in [0.05, 0.1) is 10.6 Å². The molecule has 0 aliphatic heterocycles. The monoisotopic (exact) mass is 493 g/mol. The van der Waals surface area contributed by atoms with E-state index in [9.17, 15) is 18.0 Å². The second-order valence-corrected chi connectivity index (χ2v) is 10.2. The molecule has 2 amide bonds. The van der Waals surface area contributed by atoms with Crippen LogP contribution in [0.4, 0.5) is 5.69 Å². The third-order valence-electron chi connectivity index (χ3n) is 6.06. The fourth-order valence-electron chi connectivity index (χ4n) is 3.81. The molecule has 3 aromatic carbocycles. The molecule has 0 aromatic heterocycles. The van der Waals surface area contributed by atoms with Crippen LogP contribution in [0.2, 0.25) is 0 Å². The average Bonchev–Trinajstić information content (AvgIpc) is 2.87. The number of hydrogen-bond acceptors (Lipinski definition) is 4. The lowest BCUT2D eigenvalue weighted by molar-refractivity contribution is -0.139. The Kier molecular flexibility index (Phi) is 8.30. The predicted molar refractivity (Wildman–Crippen MR) is 137 cm³/mol. The summed E-state index contributed by atoms with van der Waals surface area (Å²) in [6.45, 7) is 5.07. The lowest BCUT2D eigenvalue weighted by Crippen LogP contribution is -2.50. The summed E-state index contributed by atoms with van der Waals surface area (Å²) in [5, 5.41) is 2.58. The first kappa shape index (κ1) is 26.0. The highest BCUT2D eigenvalue weighted by atomic mass is 32.2. The maximum absolute atomic E-state index is 13.7. The molecule has 0 unspecified atom stereocenters. The van der Waals surface area contributed by atoms with Crippen LogP contribution in [0.25, 0.3) is 0 Å². The number of likely N-dealkylation sites (N-methyl/N-ethyl adjacent to an activating group) is 1. The van der Waals surface area contributed by atoms with Gasteiger partial charge in [0.25, 0.3) is 10.0 Å². The molecule has 0 saturated carbocycles. The van der Waals surface area contributed by atoms with Crippen molar-refractivity contribution in [2.75, 3.05) is 17.9 Å². The number of carbonyl (C=O) groups is 2. The normalized spacial score (nSPS) is 12.0. The zero-order chi connectivity index (χ0) is 25.6. The molecule has 0 bridgehead atoms. The van der Waals surface area contributed by atoms with Crippen LogP contribution in [0, 0.1) is 13.8 Å². The Morgan fingerprint density at radius 1 is 0.886 bits per heavy atom. The van der Waals surface area contributed by atoms with Gasteiger partial charge in [-0.2, -0.15) is 0 Å². The van der Waals surface area contributed by atoms with Gasteiger partial charge < -0.3 is 10.2 Å². The quantitative estimate of drug-likeness (QED) is 0.493. The van der Waals surface area contributed by atoms with Crippen LogP contribution in [0.1, 0.15) is 23.6 Å². The first-order valence-electron chi connectivity index (χ1n) is 11.4. The van der Waals surface area contributed by atoms with E-state index in [1.54, 1.807) is 37.3 Å². The van der Waals surface area contributed by atoms with E-state index in [4.69, 9.17) is 0 Å². The molecule has 0 aliphatic rings. The molecule has 8 heteroatoms. The summed E-state index contributed by atoms with van der Waals surface area (Å²) in [6, 6.07) is 21.9. The van der Waals surface area contributed by atoms with Crippen molar-refractivity contribution in [3.05, 3.63) is 95.6 Å². The molecule has 0 fully saturated rings. The number of sulfonamides is 1. The fraction of sp³-hybridized carbons (Fsp3) is 0.259. The number of rotatable bonds is 9. The smallest absolute Gasteiger partial charge is 0.264 e. The SMILES string of the molecule is CNC(=O)[C@@H](C)N(Cc1ccccc1)C(=O)CN(c1cccc(C)c1C)S(=O)(=O)c1ccccc1. The number of nitrogens with zero attached hydrogens (tertiary/aromatic N) is 2. The van der Waals surface area contributed by atoms with Gasteiger partial charge in [0.15, 0.2) is 0 Å². The Morgan fingerprint density at radius 3 is 2.09 bits per heavy atom. The maximum Gasteiger partial charge on any atom is 0.264 e. The molecule has 0 radical (unpaired) electrons. The molecule has 0 saturated heterocycles. The standard InChI is InChI=1S/C27H31N3O4S/c1-20-12-11-17-25(21(20)2)30(35(33,34)24-15-9-6-10-16-24)19-26(31)29(22(3)27(32)28-4)18-23-13-7-5-8-14-23/h5-17,22H,18-19H2,1-4H3,(H,28,32)/t22-/m1/s1. The Hall–Kier alpha value is -3.65. The predicted octanol–water partition coefficient (Wildman–Crippen LogP) is 3.66. The van der Waals surface area contributed by atoms with E-state index < -0.39 is 28.5 Å². The summed E-state index contributed by atoms with van der Waals surface area (Å²) in [4.78, 5) is 27.7. The number of anilines is 1. The third kappa shape index (κ3) is 5.89. The average molecular weight is 494 g/mol. The van der Waals surface area contributed by atoms with Crippen LogP contribution in [0.5, 0.6) is 0 Å². The minimum absolute atomic E-state index is 0.0858. The first-order chi connectivity index (χ1) is 16.7. The van der Waals surface area contributed by atoms with Crippen LogP contribution < -0.4 is 9.62 Å². The molecule has 0 aliphatic carbocycles. The van der Waals surface area contributed by atoms with Crippen LogP contribution in [-0.4, -0.2) is 44.8 Å². The fourth-order valence-corrected chi connectivity index (χ4v) is 5.30. The summed E-state index contributed by atoms with van der Waals surface area (Å²) in [7, 11) is -2.55. The summed E-state index contributed by atoms with van der Waals surface area (Å²) < 4.78 is 28.6. The van der Waals surface area contributed by atoms with Gasteiger partial charge in [0.2, 0.25) is 11.8 Å².